The van der Waals surface area contributed by atoms with Crippen molar-refractivity contribution in [2.45, 2.75) is 24.6 Å². The third kappa shape index (κ3) is 3.53. The van der Waals surface area contributed by atoms with E-state index in [1.165, 1.54) is 6.07 Å². The van der Waals surface area contributed by atoms with Crippen molar-refractivity contribution in [1.82, 2.24) is 4.98 Å². The third-order valence-electron chi connectivity index (χ3n) is 1.97. The molecule has 0 saturated heterocycles. The molecule has 0 N–H and O–H groups in total. The number of pyridine rings is 1. The fourth-order valence-corrected chi connectivity index (χ4v) is 1.75. The average molecular weight is 338 g/mol. The van der Waals surface area contributed by atoms with E-state index in [0.29, 0.717) is 16.6 Å². The fourth-order valence-electron chi connectivity index (χ4n) is 1.13. The summed E-state index contributed by atoms with van der Waals surface area (Å²) in [5.74, 6) is 0. The molecule has 0 saturated carbocycles. The lowest BCUT2D eigenvalue weighted by Crippen LogP contribution is -2.06. The first-order valence-electron chi connectivity index (χ1n) is 4.47. The number of hydrogen-bond acceptors (Lipinski definition) is 3. The lowest BCUT2D eigenvalue weighted by atomic mass is 10.1. The van der Waals surface area contributed by atoms with Crippen LogP contribution in [-0.4, -0.2) is 14.7 Å². The highest BCUT2D eigenvalue weighted by atomic mass is 79.9. The molecule has 15 heavy (non-hydrogen) atoms. The van der Waals surface area contributed by atoms with Crippen molar-refractivity contribution in [3.05, 3.63) is 32.5 Å². The summed E-state index contributed by atoms with van der Waals surface area (Å²) in [6.07, 6.45) is 3.06. The second-order valence-electron chi connectivity index (χ2n) is 3.09. The molecule has 0 bridgehead atoms. The fraction of sp³-hybridized carbons (Fsp3) is 0.444. The summed E-state index contributed by atoms with van der Waals surface area (Å²) in [6, 6.07) is 1.48. The number of hydrogen-bond donors (Lipinski definition) is 0. The van der Waals surface area contributed by atoms with Gasteiger partial charge in [-0.2, -0.15) is 0 Å². The number of aromatic nitrogens is 1. The summed E-state index contributed by atoms with van der Waals surface area (Å²) in [7, 11) is 0. The van der Waals surface area contributed by atoms with Gasteiger partial charge < -0.3 is 0 Å². The van der Waals surface area contributed by atoms with Crippen molar-refractivity contribution in [1.29, 1.82) is 0 Å². The van der Waals surface area contributed by atoms with E-state index in [1.807, 2.05) is 6.92 Å². The molecule has 1 unspecified atom stereocenters. The Kier molecular flexibility index (Phi) is 4.66. The maximum atomic E-state index is 10.8. The maximum absolute atomic E-state index is 10.8. The van der Waals surface area contributed by atoms with Gasteiger partial charge in [-0.25, -0.2) is 0 Å². The van der Waals surface area contributed by atoms with Crippen LogP contribution in [0.15, 0.2) is 16.7 Å². The summed E-state index contributed by atoms with van der Waals surface area (Å²) in [6.45, 7) is 2.02. The van der Waals surface area contributed by atoms with Gasteiger partial charge in [0, 0.05) is 28.0 Å². The predicted octanol–water partition coefficient (Wildman–Crippen LogP) is 3.47. The smallest absolute Gasteiger partial charge is 0.258 e. The molecule has 1 heterocycles. The van der Waals surface area contributed by atoms with Crippen LogP contribution in [0.1, 0.15) is 19.0 Å². The lowest BCUT2D eigenvalue weighted by Gasteiger charge is -2.06. The van der Waals surface area contributed by atoms with Crippen LogP contribution in [0.5, 0.6) is 0 Å². The zero-order valence-electron chi connectivity index (χ0n) is 8.11. The zero-order valence-corrected chi connectivity index (χ0v) is 11.3. The van der Waals surface area contributed by atoms with Gasteiger partial charge in [-0.05, 0) is 22.4 Å². The lowest BCUT2D eigenvalue weighted by molar-refractivity contribution is -0.386. The maximum Gasteiger partial charge on any atom is 0.291 e. The Morgan fingerprint density at radius 1 is 1.67 bits per heavy atom. The number of halogens is 2. The van der Waals surface area contributed by atoms with Crippen LogP contribution in [0.4, 0.5) is 5.69 Å². The Morgan fingerprint density at radius 2 is 2.33 bits per heavy atom. The highest BCUT2D eigenvalue weighted by molar-refractivity contribution is 9.10. The van der Waals surface area contributed by atoms with Crippen LogP contribution in [0, 0.1) is 10.1 Å². The average Bonchev–Trinajstić information content (AvgIpc) is 2.20. The van der Waals surface area contributed by atoms with E-state index in [4.69, 9.17) is 0 Å². The Bertz CT molecular complexity index is 371. The molecule has 6 heteroatoms. The van der Waals surface area contributed by atoms with Gasteiger partial charge >= 0.3 is 0 Å². The molecule has 0 aliphatic carbocycles. The van der Waals surface area contributed by atoms with Gasteiger partial charge in [-0.15, -0.1) is 0 Å². The minimum Gasteiger partial charge on any atom is -0.258 e. The standard InChI is InChI=1S/C9H10Br2N2O2/c1-2-6(10)3-8-9(13(14)15)4-7(11)5-12-8/h4-6H,2-3H2,1H3. The molecule has 1 aromatic rings. The van der Waals surface area contributed by atoms with Crippen molar-refractivity contribution in [2.75, 3.05) is 0 Å². The first kappa shape index (κ1) is 12.6. The minimum absolute atomic E-state index is 0.0716. The second-order valence-corrected chi connectivity index (χ2v) is 5.30. The number of nitro groups is 1. The largest absolute Gasteiger partial charge is 0.291 e. The Labute approximate surface area is 104 Å². The molecule has 0 aromatic carbocycles. The van der Waals surface area contributed by atoms with Crippen molar-refractivity contribution in [3.63, 3.8) is 0 Å². The van der Waals surface area contributed by atoms with Crippen molar-refractivity contribution in [3.8, 4) is 0 Å². The second kappa shape index (κ2) is 5.55. The molecule has 1 aromatic heterocycles. The predicted molar refractivity (Wildman–Crippen MR) is 65.3 cm³/mol. The van der Waals surface area contributed by atoms with E-state index in [0.717, 1.165) is 6.42 Å². The molecule has 0 amide bonds. The molecular weight excluding hydrogens is 328 g/mol. The summed E-state index contributed by atoms with van der Waals surface area (Å²) >= 11 is 6.61. The van der Waals surface area contributed by atoms with Crippen molar-refractivity contribution >= 4 is 37.5 Å². The number of alkyl halides is 1. The topological polar surface area (TPSA) is 56.0 Å². The SMILES string of the molecule is CCC(Br)Cc1ncc(Br)cc1[N+](=O)[O-]. The van der Waals surface area contributed by atoms with Gasteiger partial charge in [0.1, 0.15) is 5.69 Å². The molecule has 4 nitrogen and oxygen atoms in total. The third-order valence-corrected chi connectivity index (χ3v) is 3.37. The first-order chi connectivity index (χ1) is 7.04. The molecular formula is C9H10Br2N2O2. The van der Waals surface area contributed by atoms with Gasteiger partial charge in [-0.1, -0.05) is 22.9 Å². The van der Waals surface area contributed by atoms with Crippen LogP contribution in [0.25, 0.3) is 0 Å². The van der Waals surface area contributed by atoms with Crippen LogP contribution >= 0.6 is 31.9 Å². The summed E-state index contributed by atoms with van der Waals surface area (Å²) in [5, 5.41) is 10.8. The van der Waals surface area contributed by atoms with Crippen molar-refractivity contribution in [2.24, 2.45) is 0 Å². The minimum atomic E-state index is -0.400. The van der Waals surface area contributed by atoms with E-state index in [2.05, 4.69) is 36.8 Å². The summed E-state index contributed by atoms with van der Waals surface area (Å²) in [5.41, 5.74) is 0.592. The van der Waals surface area contributed by atoms with E-state index >= 15 is 0 Å². The van der Waals surface area contributed by atoms with Crippen LogP contribution in [0.2, 0.25) is 0 Å². The molecule has 0 aliphatic rings. The van der Waals surface area contributed by atoms with E-state index < -0.39 is 4.92 Å². The van der Waals surface area contributed by atoms with Crippen LogP contribution in [-0.2, 0) is 6.42 Å². The Morgan fingerprint density at radius 3 is 2.87 bits per heavy atom. The Hall–Kier alpha value is -0.490. The molecule has 82 valence electrons. The molecule has 0 spiro atoms. The van der Waals surface area contributed by atoms with Crippen LogP contribution in [0.3, 0.4) is 0 Å². The monoisotopic (exact) mass is 336 g/mol. The van der Waals surface area contributed by atoms with Crippen LogP contribution < -0.4 is 0 Å². The van der Waals surface area contributed by atoms with E-state index in [9.17, 15) is 10.1 Å². The highest BCUT2D eigenvalue weighted by Gasteiger charge is 2.17. The quantitative estimate of drug-likeness (QED) is 0.480. The molecule has 1 rings (SSSR count). The summed E-state index contributed by atoms with van der Waals surface area (Å²) in [4.78, 5) is 14.7. The van der Waals surface area contributed by atoms with E-state index in [-0.39, 0.29) is 10.5 Å². The zero-order chi connectivity index (χ0) is 11.4. The van der Waals surface area contributed by atoms with Crippen molar-refractivity contribution < 1.29 is 4.92 Å². The van der Waals surface area contributed by atoms with Gasteiger partial charge in [0.05, 0.1) is 4.92 Å². The normalized spacial score (nSPS) is 12.5. The van der Waals surface area contributed by atoms with E-state index in [1.54, 1.807) is 6.20 Å². The number of nitrogens with zero attached hydrogens (tertiary/aromatic N) is 2. The van der Waals surface area contributed by atoms with Gasteiger partial charge in [0.2, 0.25) is 0 Å². The highest BCUT2D eigenvalue weighted by Crippen LogP contribution is 2.24. The first-order valence-corrected chi connectivity index (χ1v) is 6.18. The van der Waals surface area contributed by atoms with Gasteiger partial charge in [0.15, 0.2) is 0 Å². The summed E-state index contributed by atoms with van der Waals surface area (Å²) < 4.78 is 0.626. The number of rotatable bonds is 4. The van der Waals surface area contributed by atoms with Gasteiger partial charge in [0.25, 0.3) is 5.69 Å². The molecule has 0 aliphatic heterocycles. The molecule has 0 radical (unpaired) electrons. The Balaban J connectivity index is 3.01. The molecule has 1 atom stereocenters. The van der Waals surface area contributed by atoms with Gasteiger partial charge in [-0.3, -0.25) is 15.1 Å². The molecule has 0 fully saturated rings.